The van der Waals surface area contributed by atoms with Crippen molar-refractivity contribution < 1.29 is 0 Å². The lowest BCUT2D eigenvalue weighted by molar-refractivity contribution is 0.324. The minimum absolute atomic E-state index is 0.238. The molecular formula is C10H17N. The van der Waals surface area contributed by atoms with E-state index in [-0.39, 0.29) is 5.41 Å². The summed E-state index contributed by atoms with van der Waals surface area (Å²) in [6.07, 6.45) is 5.56. The molecule has 0 amide bonds. The average molecular weight is 151 g/mol. The Bertz CT molecular complexity index is 189. The maximum atomic E-state index is 4.09. The molecule has 0 fully saturated rings. The number of hydrogen-bond acceptors (Lipinski definition) is 1. The smallest absolute Gasteiger partial charge is 0.0353 e. The first-order valence-electron chi connectivity index (χ1n) is 4.09. The Morgan fingerprint density at radius 2 is 2.09 bits per heavy atom. The third kappa shape index (κ3) is 1.65. The fraction of sp³-hybridized carbons (Fsp3) is 0.600. The molecule has 1 rings (SSSR count). The molecule has 0 aliphatic carbocycles. The summed E-state index contributed by atoms with van der Waals surface area (Å²) in [6, 6.07) is 0. The molecule has 0 unspecified atom stereocenters. The zero-order valence-corrected chi connectivity index (χ0v) is 7.72. The molecule has 0 N–H and O–H groups in total. The number of hydrogen-bond donors (Lipinski definition) is 0. The van der Waals surface area contributed by atoms with Crippen LogP contribution in [-0.2, 0) is 0 Å². The van der Waals surface area contributed by atoms with Crippen LogP contribution < -0.4 is 0 Å². The zero-order valence-electron chi connectivity index (χ0n) is 7.72. The molecule has 0 aromatic rings. The monoisotopic (exact) mass is 151 g/mol. The van der Waals surface area contributed by atoms with Crippen molar-refractivity contribution in [2.45, 2.75) is 20.3 Å². The second-order valence-electron chi connectivity index (χ2n) is 3.89. The van der Waals surface area contributed by atoms with E-state index in [1.807, 2.05) is 0 Å². The largest absolute Gasteiger partial charge is 0.374 e. The normalized spacial score (nSPS) is 23.5. The first kappa shape index (κ1) is 8.38. The van der Waals surface area contributed by atoms with Gasteiger partial charge in [0.25, 0.3) is 0 Å². The summed E-state index contributed by atoms with van der Waals surface area (Å²) in [5.41, 5.74) is 1.48. The van der Waals surface area contributed by atoms with Gasteiger partial charge in [0.1, 0.15) is 0 Å². The maximum absolute atomic E-state index is 4.09. The van der Waals surface area contributed by atoms with Crippen LogP contribution in [0.25, 0.3) is 0 Å². The van der Waals surface area contributed by atoms with Crippen LogP contribution >= 0.6 is 0 Å². The first-order chi connectivity index (χ1) is 5.04. The van der Waals surface area contributed by atoms with Gasteiger partial charge in [-0.05, 0) is 6.42 Å². The van der Waals surface area contributed by atoms with Gasteiger partial charge in [-0.15, -0.1) is 0 Å². The van der Waals surface area contributed by atoms with E-state index >= 15 is 0 Å². The highest BCUT2D eigenvalue weighted by atomic mass is 15.1. The van der Waals surface area contributed by atoms with Gasteiger partial charge in [-0.25, -0.2) is 0 Å². The standard InChI is InChI=1S/C10H17N/c1-9-10(2,3)7-5-6-8-11(9)4/h5-6H,1,7-8H2,2-4H3. The Morgan fingerprint density at radius 3 is 2.73 bits per heavy atom. The molecule has 1 nitrogen and oxygen atoms in total. The molecule has 0 bridgehead atoms. The van der Waals surface area contributed by atoms with E-state index in [0.717, 1.165) is 13.0 Å². The van der Waals surface area contributed by atoms with E-state index in [0.29, 0.717) is 0 Å². The Balaban J connectivity index is 2.82. The van der Waals surface area contributed by atoms with Gasteiger partial charge in [-0.3, -0.25) is 0 Å². The Labute approximate surface area is 69.4 Å². The fourth-order valence-electron chi connectivity index (χ4n) is 1.36. The lowest BCUT2D eigenvalue weighted by Crippen LogP contribution is -2.26. The molecule has 0 saturated carbocycles. The molecule has 1 heterocycles. The topological polar surface area (TPSA) is 3.24 Å². The first-order valence-corrected chi connectivity index (χ1v) is 4.09. The van der Waals surface area contributed by atoms with Crippen LogP contribution in [0.5, 0.6) is 0 Å². The van der Waals surface area contributed by atoms with E-state index in [1.54, 1.807) is 0 Å². The van der Waals surface area contributed by atoms with Crippen molar-refractivity contribution in [2.75, 3.05) is 13.6 Å². The predicted octanol–water partition coefficient (Wildman–Crippen LogP) is 2.42. The predicted molar refractivity (Wildman–Crippen MR) is 49.3 cm³/mol. The molecule has 1 heteroatoms. The molecular weight excluding hydrogens is 134 g/mol. The van der Waals surface area contributed by atoms with Gasteiger partial charge in [0.2, 0.25) is 0 Å². The zero-order chi connectivity index (χ0) is 8.48. The average Bonchev–Trinajstić information content (AvgIpc) is 2.03. The highest BCUT2D eigenvalue weighted by molar-refractivity contribution is 5.12. The van der Waals surface area contributed by atoms with Crippen molar-refractivity contribution in [1.82, 2.24) is 4.90 Å². The van der Waals surface area contributed by atoms with Crippen LogP contribution in [0.15, 0.2) is 24.4 Å². The van der Waals surface area contributed by atoms with Gasteiger partial charge in [0.05, 0.1) is 0 Å². The number of likely N-dealkylation sites (N-methyl/N-ethyl adjacent to an activating group) is 1. The van der Waals surface area contributed by atoms with E-state index in [2.05, 4.69) is 44.5 Å². The highest BCUT2D eigenvalue weighted by Gasteiger charge is 2.24. The summed E-state index contributed by atoms with van der Waals surface area (Å²) in [4.78, 5) is 2.21. The minimum Gasteiger partial charge on any atom is -0.374 e. The van der Waals surface area contributed by atoms with Crippen molar-refractivity contribution in [1.29, 1.82) is 0 Å². The molecule has 1 aliphatic heterocycles. The molecule has 0 spiro atoms. The van der Waals surface area contributed by atoms with Crippen molar-refractivity contribution in [3.8, 4) is 0 Å². The van der Waals surface area contributed by atoms with Crippen molar-refractivity contribution in [3.63, 3.8) is 0 Å². The van der Waals surface area contributed by atoms with Crippen molar-refractivity contribution in [3.05, 3.63) is 24.4 Å². The second-order valence-corrected chi connectivity index (χ2v) is 3.89. The number of allylic oxidation sites excluding steroid dienone is 2. The Kier molecular flexibility index (Phi) is 2.08. The molecule has 1 aliphatic rings. The van der Waals surface area contributed by atoms with Crippen molar-refractivity contribution >= 4 is 0 Å². The molecule has 0 radical (unpaired) electrons. The minimum atomic E-state index is 0.238. The molecule has 11 heavy (non-hydrogen) atoms. The lowest BCUT2D eigenvalue weighted by Gasteiger charge is -2.31. The van der Waals surface area contributed by atoms with Gasteiger partial charge >= 0.3 is 0 Å². The molecule has 0 aromatic heterocycles. The molecule has 0 saturated heterocycles. The summed E-state index contributed by atoms with van der Waals surface area (Å²) < 4.78 is 0. The third-order valence-corrected chi connectivity index (χ3v) is 2.42. The van der Waals surface area contributed by atoms with E-state index in [1.165, 1.54) is 5.70 Å². The summed E-state index contributed by atoms with van der Waals surface area (Å²) in [5.74, 6) is 0. The molecule has 62 valence electrons. The Morgan fingerprint density at radius 1 is 1.45 bits per heavy atom. The van der Waals surface area contributed by atoms with Crippen LogP contribution in [0.1, 0.15) is 20.3 Å². The SMILES string of the molecule is C=C1N(C)CC=CCC1(C)C. The summed E-state index contributed by atoms with van der Waals surface area (Å²) in [5, 5.41) is 0. The fourth-order valence-corrected chi connectivity index (χ4v) is 1.36. The van der Waals surface area contributed by atoms with Gasteiger partial charge in [0, 0.05) is 24.7 Å². The van der Waals surface area contributed by atoms with E-state index < -0.39 is 0 Å². The Hall–Kier alpha value is -0.720. The van der Waals surface area contributed by atoms with Crippen LogP contribution in [0, 0.1) is 5.41 Å². The van der Waals surface area contributed by atoms with Gasteiger partial charge in [-0.1, -0.05) is 32.6 Å². The third-order valence-electron chi connectivity index (χ3n) is 2.42. The summed E-state index contributed by atoms with van der Waals surface area (Å²) in [6.45, 7) is 9.57. The van der Waals surface area contributed by atoms with Crippen LogP contribution in [0.4, 0.5) is 0 Å². The number of nitrogens with zero attached hydrogens (tertiary/aromatic N) is 1. The summed E-state index contributed by atoms with van der Waals surface area (Å²) in [7, 11) is 2.10. The highest BCUT2D eigenvalue weighted by Crippen LogP contribution is 2.32. The van der Waals surface area contributed by atoms with Crippen LogP contribution in [0.3, 0.4) is 0 Å². The van der Waals surface area contributed by atoms with E-state index in [4.69, 9.17) is 0 Å². The quantitative estimate of drug-likeness (QED) is 0.481. The molecule has 0 atom stereocenters. The van der Waals surface area contributed by atoms with Gasteiger partial charge < -0.3 is 4.90 Å². The van der Waals surface area contributed by atoms with Gasteiger partial charge in [0.15, 0.2) is 0 Å². The maximum Gasteiger partial charge on any atom is 0.0353 e. The van der Waals surface area contributed by atoms with Gasteiger partial charge in [-0.2, -0.15) is 0 Å². The van der Waals surface area contributed by atoms with E-state index in [9.17, 15) is 0 Å². The van der Waals surface area contributed by atoms with Crippen LogP contribution in [-0.4, -0.2) is 18.5 Å². The molecule has 0 aromatic carbocycles. The van der Waals surface area contributed by atoms with Crippen LogP contribution in [0.2, 0.25) is 0 Å². The lowest BCUT2D eigenvalue weighted by atomic mass is 9.86. The number of rotatable bonds is 0. The van der Waals surface area contributed by atoms with Crippen molar-refractivity contribution in [2.24, 2.45) is 5.41 Å². The second kappa shape index (κ2) is 2.72. The summed E-state index contributed by atoms with van der Waals surface area (Å²) >= 11 is 0.